The van der Waals surface area contributed by atoms with E-state index in [2.05, 4.69) is 5.32 Å². The van der Waals surface area contributed by atoms with Crippen LogP contribution in [0.3, 0.4) is 0 Å². The molecule has 1 saturated heterocycles. The van der Waals surface area contributed by atoms with Crippen LogP contribution in [0.1, 0.15) is 21.0 Å². The minimum absolute atomic E-state index is 0.0237. The third kappa shape index (κ3) is 3.11. The van der Waals surface area contributed by atoms with Gasteiger partial charge in [0.15, 0.2) is 0 Å². The quantitative estimate of drug-likeness (QED) is 0.844. The Bertz CT molecular complexity index is 526. The van der Waals surface area contributed by atoms with Gasteiger partial charge in [-0.05, 0) is 12.1 Å². The van der Waals surface area contributed by atoms with Gasteiger partial charge >= 0.3 is 5.97 Å². The number of carboxylic acids is 1. The highest BCUT2D eigenvalue weighted by Gasteiger charge is 2.31. The van der Waals surface area contributed by atoms with E-state index in [1.807, 2.05) is 0 Å². The van der Waals surface area contributed by atoms with Crippen LogP contribution in [0.15, 0.2) is 12.1 Å². The third-order valence-electron chi connectivity index (χ3n) is 3.02. The number of rotatable bonds is 4. The Morgan fingerprint density at radius 1 is 1.53 bits per heavy atom. The molecule has 0 spiro atoms. The number of likely N-dealkylation sites (tertiary alicyclic amines) is 1. The lowest BCUT2D eigenvalue weighted by molar-refractivity contribution is -0.128. The zero-order valence-electron chi connectivity index (χ0n) is 10.4. The molecular formula is C12H14N2O4S. The van der Waals surface area contributed by atoms with Gasteiger partial charge in [-0.2, -0.15) is 0 Å². The molecule has 0 saturated carbocycles. The van der Waals surface area contributed by atoms with Gasteiger partial charge in [-0.15, -0.1) is 11.3 Å². The topological polar surface area (TPSA) is 86.7 Å². The van der Waals surface area contributed by atoms with Crippen LogP contribution in [0.5, 0.6) is 0 Å². The monoisotopic (exact) mass is 282 g/mol. The van der Waals surface area contributed by atoms with Crippen molar-refractivity contribution in [2.24, 2.45) is 5.92 Å². The van der Waals surface area contributed by atoms with Crippen LogP contribution in [0.2, 0.25) is 0 Å². The molecule has 2 rings (SSSR count). The Labute approximate surface area is 114 Å². The molecule has 1 unspecified atom stereocenters. The fraction of sp³-hybridized carbons (Fsp3) is 0.417. The summed E-state index contributed by atoms with van der Waals surface area (Å²) in [4.78, 5) is 36.5. The molecule has 0 aliphatic carbocycles. The molecule has 102 valence electrons. The first kappa shape index (κ1) is 13.5. The number of carbonyl (C=O) groups excluding carboxylic acids is 2. The minimum atomic E-state index is -0.967. The molecular weight excluding hydrogens is 268 g/mol. The lowest BCUT2D eigenvalue weighted by Crippen LogP contribution is -2.31. The lowest BCUT2D eigenvalue weighted by atomic mass is 10.1. The molecule has 19 heavy (non-hydrogen) atoms. The number of nitrogens with zero attached hydrogens (tertiary/aromatic N) is 1. The van der Waals surface area contributed by atoms with Gasteiger partial charge < -0.3 is 15.3 Å². The Morgan fingerprint density at radius 2 is 2.26 bits per heavy atom. The van der Waals surface area contributed by atoms with E-state index in [4.69, 9.17) is 5.11 Å². The molecule has 1 atom stereocenters. The smallest absolute Gasteiger partial charge is 0.345 e. The Balaban J connectivity index is 1.86. The number of hydrogen-bond donors (Lipinski definition) is 2. The van der Waals surface area contributed by atoms with Crippen molar-refractivity contribution in [3.8, 4) is 0 Å². The zero-order valence-corrected chi connectivity index (χ0v) is 11.2. The largest absolute Gasteiger partial charge is 0.477 e. The summed E-state index contributed by atoms with van der Waals surface area (Å²) in [6, 6.07) is 3.20. The molecule has 0 radical (unpaired) electrons. The van der Waals surface area contributed by atoms with E-state index in [-0.39, 0.29) is 29.0 Å². The first-order valence-electron chi connectivity index (χ1n) is 5.81. The van der Waals surface area contributed by atoms with Crippen LogP contribution in [0, 0.1) is 5.92 Å². The summed E-state index contributed by atoms with van der Waals surface area (Å²) in [7, 11) is 1.67. The van der Waals surface area contributed by atoms with Gasteiger partial charge in [0.1, 0.15) is 4.88 Å². The average Bonchev–Trinajstić information content (AvgIpc) is 2.94. The maximum absolute atomic E-state index is 11.8. The fourth-order valence-electron chi connectivity index (χ4n) is 1.95. The molecule has 2 N–H and O–H groups in total. The second-order valence-electron chi connectivity index (χ2n) is 4.46. The summed E-state index contributed by atoms with van der Waals surface area (Å²) in [6.07, 6.45) is 0.243. The molecule has 2 amide bonds. The average molecular weight is 282 g/mol. The van der Waals surface area contributed by atoms with Gasteiger partial charge in [0.25, 0.3) is 0 Å². The summed E-state index contributed by atoms with van der Waals surface area (Å²) in [5, 5.41) is 11.5. The molecule has 1 aromatic rings. The summed E-state index contributed by atoms with van der Waals surface area (Å²) < 4.78 is 0. The molecule has 0 bridgehead atoms. The SMILES string of the molecule is CN1CC(C(=O)NCc2ccc(C(=O)O)s2)CC1=O. The molecule has 7 heteroatoms. The van der Waals surface area contributed by atoms with Crippen molar-refractivity contribution in [2.45, 2.75) is 13.0 Å². The van der Waals surface area contributed by atoms with Gasteiger partial charge in [0.2, 0.25) is 11.8 Å². The standard InChI is InChI=1S/C12H14N2O4S/c1-14-6-7(4-10(14)15)11(16)13-5-8-2-3-9(19-8)12(17)18/h2-3,7H,4-6H2,1H3,(H,13,16)(H,17,18). The molecule has 1 aliphatic rings. The zero-order chi connectivity index (χ0) is 14.0. The van der Waals surface area contributed by atoms with E-state index < -0.39 is 5.97 Å². The number of thiophene rings is 1. The van der Waals surface area contributed by atoms with Crippen LogP contribution in [0.4, 0.5) is 0 Å². The van der Waals surface area contributed by atoms with E-state index in [0.717, 1.165) is 16.2 Å². The normalized spacial score (nSPS) is 18.7. The van der Waals surface area contributed by atoms with E-state index in [1.54, 1.807) is 13.1 Å². The number of amides is 2. The predicted octanol–water partition coefficient (Wildman–Crippen LogP) is 0.541. The Hall–Kier alpha value is -1.89. The van der Waals surface area contributed by atoms with E-state index in [9.17, 15) is 14.4 Å². The summed E-state index contributed by atoms with van der Waals surface area (Å²) in [5.74, 6) is -1.46. The maximum atomic E-state index is 11.8. The van der Waals surface area contributed by atoms with E-state index in [1.165, 1.54) is 11.0 Å². The number of hydrogen-bond acceptors (Lipinski definition) is 4. The maximum Gasteiger partial charge on any atom is 0.345 e. The summed E-state index contributed by atoms with van der Waals surface area (Å²) >= 11 is 1.13. The van der Waals surface area contributed by atoms with Gasteiger partial charge in [-0.25, -0.2) is 4.79 Å². The van der Waals surface area contributed by atoms with Crippen molar-refractivity contribution >= 4 is 29.1 Å². The number of nitrogens with one attached hydrogen (secondary N) is 1. The first-order valence-corrected chi connectivity index (χ1v) is 6.62. The van der Waals surface area contributed by atoms with Crippen molar-refractivity contribution < 1.29 is 19.5 Å². The van der Waals surface area contributed by atoms with Crippen molar-refractivity contribution in [1.82, 2.24) is 10.2 Å². The van der Waals surface area contributed by atoms with Crippen molar-refractivity contribution in [2.75, 3.05) is 13.6 Å². The number of carbonyl (C=O) groups is 3. The Morgan fingerprint density at radius 3 is 2.79 bits per heavy atom. The highest BCUT2D eigenvalue weighted by molar-refractivity contribution is 7.13. The van der Waals surface area contributed by atoms with Crippen LogP contribution in [0.25, 0.3) is 0 Å². The second-order valence-corrected chi connectivity index (χ2v) is 5.63. The molecule has 1 aliphatic heterocycles. The molecule has 0 aromatic carbocycles. The minimum Gasteiger partial charge on any atom is -0.477 e. The molecule has 6 nitrogen and oxygen atoms in total. The van der Waals surface area contributed by atoms with Crippen LogP contribution >= 0.6 is 11.3 Å². The van der Waals surface area contributed by atoms with Crippen LogP contribution < -0.4 is 5.32 Å². The number of carboxylic acid groups (broad SMARTS) is 1. The van der Waals surface area contributed by atoms with Crippen molar-refractivity contribution in [3.63, 3.8) is 0 Å². The van der Waals surface area contributed by atoms with Crippen LogP contribution in [-0.4, -0.2) is 41.4 Å². The lowest BCUT2D eigenvalue weighted by Gasteiger charge is -2.10. The molecule has 1 fully saturated rings. The van der Waals surface area contributed by atoms with Gasteiger partial charge in [0.05, 0.1) is 12.5 Å². The third-order valence-corrected chi connectivity index (χ3v) is 4.09. The first-order chi connectivity index (χ1) is 8.97. The predicted molar refractivity (Wildman–Crippen MR) is 68.9 cm³/mol. The highest BCUT2D eigenvalue weighted by atomic mass is 32.1. The summed E-state index contributed by atoms with van der Waals surface area (Å²) in [6.45, 7) is 0.737. The van der Waals surface area contributed by atoms with Gasteiger partial charge in [-0.1, -0.05) is 0 Å². The molecule has 1 aromatic heterocycles. The second kappa shape index (κ2) is 5.40. The van der Waals surface area contributed by atoms with Crippen molar-refractivity contribution in [1.29, 1.82) is 0 Å². The van der Waals surface area contributed by atoms with Gasteiger partial charge in [-0.3, -0.25) is 9.59 Å². The van der Waals surface area contributed by atoms with Crippen LogP contribution in [-0.2, 0) is 16.1 Å². The summed E-state index contributed by atoms with van der Waals surface area (Å²) in [5.41, 5.74) is 0. The van der Waals surface area contributed by atoms with E-state index >= 15 is 0 Å². The highest BCUT2D eigenvalue weighted by Crippen LogP contribution is 2.18. The fourth-order valence-corrected chi connectivity index (χ4v) is 2.73. The van der Waals surface area contributed by atoms with E-state index in [0.29, 0.717) is 13.1 Å². The van der Waals surface area contributed by atoms with Crippen molar-refractivity contribution in [3.05, 3.63) is 21.9 Å². The number of aromatic carboxylic acids is 1. The Kier molecular flexibility index (Phi) is 3.84. The molecule has 2 heterocycles. The van der Waals surface area contributed by atoms with Gasteiger partial charge in [0, 0.05) is 24.9 Å².